The Bertz CT molecular complexity index is 1220. The van der Waals surface area contributed by atoms with Crippen molar-refractivity contribution in [2.24, 2.45) is 0 Å². The van der Waals surface area contributed by atoms with Crippen LogP contribution in [0.3, 0.4) is 0 Å². The summed E-state index contributed by atoms with van der Waals surface area (Å²) >= 11 is 0. The van der Waals surface area contributed by atoms with Gasteiger partial charge in [0.25, 0.3) is 5.91 Å². The third-order valence-electron chi connectivity index (χ3n) is 9.02. The maximum atomic E-state index is 13.7. The first kappa shape index (κ1) is 27.5. The Labute approximate surface area is 232 Å². The fourth-order valence-electron chi connectivity index (χ4n) is 6.27. The molecule has 2 saturated heterocycles. The van der Waals surface area contributed by atoms with E-state index in [1.54, 1.807) is 13.2 Å². The van der Waals surface area contributed by atoms with Crippen molar-refractivity contribution in [1.82, 2.24) is 19.6 Å². The molecule has 210 valence electrons. The average Bonchev–Trinajstić information content (AvgIpc) is 3.58. The van der Waals surface area contributed by atoms with Gasteiger partial charge in [-0.1, -0.05) is 18.2 Å². The largest absolute Gasteiger partial charge is 0.504 e. The zero-order valence-electron chi connectivity index (χ0n) is 23.8. The molecule has 5 rings (SSSR count). The van der Waals surface area contributed by atoms with E-state index in [0.717, 1.165) is 62.0 Å². The first-order valence-corrected chi connectivity index (χ1v) is 14.2. The van der Waals surface area contributed by atoms with Gasteiger partial charge in [-0.05, 0) is 88.0 Å². The van der Waals surface area contributed by atoms with Gasteiger partial charge in [-0.2, -0.15) is 0 Å². The van der Waals surface area contributed by atoms with Crippen LogP contribution in [-0.4, -0.2) is 95.0 Å². The van der Waals surface area contributed by atoms with Crippen LogP contribution in [0.25, 0.3) is 0 Å². The summed E-state index contributed by atoms with van der Waals surface area (Å²) in [5.74, 6) is 0.944. The van der Waals surface area contributed by atoms with Gasteiger partial charge in [0.1, 0.15) is 0 Å². The Morgan fingerprint density at radius 3 is 2.46 bits per heavy atom. The van der Waals surface area contributed by atoms with Crippen molar-refractivity contribution in [3.05, 3.63) is 58.7 Å². The average molecular weight is 535 g/mol. The summed E-state index contributed by atoms with van der Waals surface area (Å²) in [4.78, 5) is 35.1. The number of nitrogens with zero attached hydrogens (tertiary/aromatic N) is 4. The molecule has 2 aromatic rings. The van der Waals surface area contributed by atoms with E-state index >= 15 is 0 Å². The van der Waals surface area contributed by atoms with Crippen molar-refractivity contribution in [2.45, 2.75) is 64.2 Å². The Kier molecular flexibility index (Phi) is 7.87. The number of benzene rings is 2. The third-order valence-corrected chi connectivity index (χ3v) is 9.02. The molecule has 0 saturated carbocycles. The van der Waals surface area contributed by atoms with Crippen LogP contribution >= 0.6 is 0 Å². The summed E-state index contributed by atoms with van der Waals surface area (Å²) < 4.78 is 5.27. The van der Waals surface area contributed by atoms with Crippen LogP contribution in [0.2, 0.25) is 0 Å². The minimum atomic E-state index is -0.0795. The topological polar surface area (TPSA) is 76.6 Å². The molecule has 0 unspecified atom stereocenters. The van der Waals surface area contributed by atoms with Crippen LogP contribution in [0, 0.1) is 0 Å². The van der Waals surface area contributed by atoms with Crippen molar-refractivity contribution in [1.29, 1.82) is 0 Å². The van der Waals surface area contributed by atoms with Crippen molar-refractivity contribution in [2.75, 3.05) is 46.9 Å². The lowest BCUT2D eigenvalue weighted by molar-refractivity contribution is -0.137. The first-order valence-electron chi connectivity index (χ1n) is 14.2. The molecule has 0 radical (unpaired) electrons. The molecule has 3 aliphatic heterocycles. The highest BCUT2D eigenvalue weighted by molar-refractivity contribution is 5.96. The number of carbonyl (C=O) groups is 2. The first-order chi connectivity index (χ1) is 18.7. The van der Waals surface area contributed by atoms with Crippen LogP contribution in [0.15, 0.2) is 36.4 Å². The fourth-order valence-corrected chi connectivity index (χ4v) is 6.27. The Morgan fingerprint density at radius 1 is 1.03 bits per heavy atom. The number of hydrogen-bond acceptors (Lipinski definition) is 6. The van der Waals surface area contributed by atoms with E-state index in [4.69, 9.17) is 4.74 Å². The van der Waals surface area contributed by atoms with Crippen LogP contribution in [-0.2, 0) is 24.3 Å². The molecule has 0 aromatic heterocycles. The maximum Gasteiger partial charge on any atom is 0.254 e. The molecule has 8 heteroatoms. The predicted octanol–water partition coefficient (Wildman–Crippen LogP) is 3.51. The Balaban J connectivity index is 1.21. The van der Waals surface area contributed by atoms with Gasteiger partial charge in [0, 0.05) is 50.4 Å². The van der Waals surface area contributed by atoms with Crippen LogP contribution in [0.5, 0.6) is 11.5 Å². The monoisotopic (exact) mass is 534 g/mol. The Morgan fingerprint density at radius 2 is 1.77 bits per heavy atom. The number of piperazine rings is 1. The van der Waals surface area contributed by atoms with E-state index in [1.165, 1.54) is 5.56 Å². The quantitative estimate of drug-likeness (QED) is 0.586. The third kappa shape index (κ3) is 5.63. The Hall–Kier alpha value is -3.10. The van der Waals surface area contributed by atoms with E-state index in [1.807, 2.05) is 41.1 Å². The predicted molar refractivity (Wildman–Crippen MR) is 151 cm³/mol. The highest BCUT2D eigenvalue weighted by Gasteiger charge is 2.36. The number of likely N-dealkylation sites (N-methyl/N-ethyl adjacent to an activating group) is 1. The van der Waals surface area contributed by atoms with Gasteiger partial charge in [0.2, 0.25) is 5.91 Å². The second kappa shape index (κ2) is 11.2. The minimum Gasteiger partial charge on any atom is -0.504 e. The molecule has 0 spiro atoms. The number of hydrogen-bond donors (Lipinski definition) is 1. The normalized spacial score (nSPS) is 20.4. The summed E-state index contributed by atoms with van der Waals surface area (Å²) in [6, 6.07) is 11.6. The second-order valence-electron chi connectivity index (χ2n) is 11.9. The summed E-state index contributed by atoms with van der Waals surface area (Å²) in [7, 11) is 3.60. The highest BCUT2D eigenvalue weighted by atomic mass is 16.5. The fraction of sp³-hybridized carbons (Fsp3) is 0.548. The molecular weight excluding hydrogens is 492 g/mol. The molecule has 3 heterocycles. The number of aromatic hydroxyl groups is 1. The minimum absolute atomic E-state index is 0.00458. The maximum absolute atomic E-state index is 13.7. The number of likely N-dealkylation sites (tertiary alicyclic amines) is 1. The van der Waals surface area contributed by atoms with E-state index in [2.05, 4.69) is 29.7 Å². The molecule has 0 aliphatic carbocycles. The van der Waals surface area contributed by atoms with Crippen molar-refractivity contribution in [3.8, 4) is 11.5 Å². The molecular formula is C31H42N4O4. The number of amides is 2. The summed E-state index contributed by atoms with van der Waals surface area (Å²) in [6.45, 7) is 9.43. The number of fused-ring (bicyclic) bond motifs is 1. The lowest BCUT2D eigenvalue weighted by atomic mass is 9.93. The molecule has 0 bridgehead atoms. The molecule has 1 N–H and O–H groups in total. The smallest absolute Gasteiger partial charge is 0.254 e. The number of methoxy groups -OCH3 is 1. The zero-order valence-corrected chi connectivity index (χ0v) is 23.8. The molecule has 2 aromatic carbocycles. The van der Waals surface area contributed by atoms with Crippen LogP contribution in [0.4, 0.5) is 0 Å². The van der Waals surface area contributed by atoms with E-state index in [0.29, 0.717) is 31.9 Å². The van der Waals surface area contributed by atoms with Crippen molar-refractivity contribution < 1.29 is 19.4 Å². The standard InChI is InChI=1S/C31H42N4O4/c1-31(2,13-12-22-10-11-27(36)28(19-22)39-4)35-20-23-7-5-8-24(25(23)21-35)29(37)33-15-17-34(18-16-33)30(38)26-9-6-14-32(26)3/h5,7-8,10-11,19,26,36H,6,9,12-18,20-21H2,1-4H3/t26-/m0/s1. The number of carbonyl (C=O) groups excluding carboxylic acids is 2. The van der Waals surface area contributed by atoms with E-state index in [9.17, 15) is 14.7 Å². The van der Waals surface area contributed by atoms with Crippen LogP contribution in [0.1, 0.15) is 60.2 Å². The second-order valence-corrected chi connectivity index (χ2v) is 11.9. The SMILES string of the molecule is COc1cc(CCC(C)(C)N2Cc3cccc(C(=O)N4CCN(C(=O)[C@@H]5CCCN5C)CC4)c3C2)ccc1O. The van der Waals surface area contributed by atoms with Gasteiger partial charge in [0.15, 0.2) is 11.5 Å². The van der Waals surface area contributed by atoms with Crippen molar-refractivity contribution in [3.63, 3.8) is 0 Å². The molecule has 3 aliphatic rings. The van der Waals surface area contributed by atoms with Crippen molar-refractivity contribution >= 4 is 11.8 Å². The summed E-state index contributed by atoms with van der Waals surface area (Å²) in [5.41, 5.74) is 4.20. The van der Waals surface area contributed by atoms with Gasteiger partial charge >= 0.3 is 0 Å². The van der Waals surface area contributed by atoms with Gasteiger partial charge in [-0.25, -0.2) is 0 Å². The highest BCUT2D eigenvalue weighted by Crippen LogP contribution is 2.35. The number of rotatable bonds is 7. The lowest BCUT2D eigenvalue weighted by Gasteiger charge is -2.37. The summed E-state index contributed by atoms with van der Waals surface area (Å²) in [6.07, 6.45) is 3.80. The van der Waals surface area contributed by atoms with Gasteiger partial charge in [0.05, 0.1) is 13.2 Å². The van der Waals surface area contributed by atoms with E-state index < -0.39 is 0 Å². The number of phenolic OH excluding ortho intramolecular Hbond substituents is 1. The molecule has 8 nitrogen and oxygen atoms in total. The number of phenols is 1. The lowest BCUT2D eigenvalue weighted by Crippen LogP contribution is -2.54. The van der Waals surface area contributed by atoms with E-state index in [-0.39, 0.29) is 29.1 Å². The number of ether oxygens (including phenoxy) is 1. The molecule has 2 amide bonds. The molecule has 1 atom stereocenters. The number of aryl methyl sites for hydroxylation is 1. The summed E-state index contributed by atoms with van der Waals surface area (Å²) in [5, 5.41) is 9.91. The van der Waals surface area contributed by atoms with Crippen LogP contribution < -0.4 is 4.74 Å². The van der Waals surface area contributed by atoms with Gasteiger partial charge in [-0.3, -0.25) is 19.4 Å². The van der Waals surface area contributed by atoms with Gasteiger partial charge in [-0.15, -0.1) is 0 Å². The molecule has 2 fully saturated rings. The van der Waals surface area contributed by atoms with Gasteiger partial charge < -0.3 is 19.6 Å². The zero-order chi connectivity index (χ0) is 27.7. The molecule has 39 heavy (non-hydrogen) atoms.